The first-order valence-corrected chi connectivity index (χ1v) is 8.55. The molecule has 4 nitrogen and oxygen atoms in total. The predicted octanol–water partition coefficient (Wildman–Crippen LogP) is 3.01. The molecular formula is C18H24F4N2O2. The molecule has 0 spiro atoms. The molecule has 2 rings (SSSR count). The van der Waals surface area contributed by atoms with Crippen molar-refractivity contribution in [3.05, 3.63) is 35.1 Å². The van der Waals surface area contributed by atoms with Gasteiger partial charge in [-0.1, -0.05) is 13.8 Å². The molecule has 1 amide bonds. The molecule has 0 aliphatic carbocycles. The van der Waals surface area contributed by atoms with Gasteiger partial charge in [-0.3, -0.25) is 9.69 Å². The maximum atomic E-state index is 13.3. The maximum absolute atomic E-state index is 13.3. The molecule has 8 heteroatoms. The number of hydrogen-bond donors (Lipinski definition) is 1. The third-order valence-electron chi connectivity index (χ3n) is 4.80. The quantitative estimate of drug-likeness (QED) is 0.804. The van der Waals surface area contributed by atoms with Crippen LogP contribution in [0.5, 0.6) is 0 Å². The molecule has 1 heterocycles. The molecule has 0 radical (unpaired) electrons. The lowest BCUT2D eigenvalue weighted by Gasteiger charge is -2.35. The van der Waals surface area contributed by atoms with Crippen LogP contribution >= 0.6 is 0 Å². The van der Waals surface area contributed by atoms with Crippen LogP contribution < -0.4 is 0 Å². The van der Waals surface area contributed by atoms with Crippen molar-refractivity contribution in [3.8, 4) is 0 Å². The van der Waals surface area contributed by atoms with Crippen LogP contribution in [0.4, 0.5) is 17.6 Å². The number of aliphatic hydroxyl groups is 1. The first-order valence-electron chi connectivity index (χ1n) is 8.55. The van der Waals surface area contributed by atoms with Crippen molar-refractivity contribution in [2.45, 2.75) is 38.6 Å². The summed E-state index contributed by atoms with van der Waals surface area (Å²) in [4.78, 5) is 16.0. The van der Waals surface area contributed by atoms with Gasteiger partial charge in [0.1, 0.15) is 5.82 Å². The van der Waals surface area contributed by atoms with Crippen LogP contribution in [0.2, 0.25) is 0 Å². The van der Waals surface area contributed by atoms with Crippen LogP contribution in [0, 0.1) is 11.7 Å². The molecule has 1 fully saturated rings. The Hall–Kier alpha value is -1.67. The Kier molecular flexibility index (Phi) is 6.29. The van der Waals surface area contributed by atoms with Crippen molar-refractivity contribution in [2.75, 3.05) is 26.7 Å². The summed E-state index contributed by atoms with van der Waals surface area (Å²) in [6.07, 6.45) is -4.60. The first-order chi connectivity index (χ1) is 12.0. The molecule has 1 aliphatic heterocycles. The Bertz CT molecular complexity index is 649. The van der Waals surface area contributed by atoms with Gasteiger partial charge >= 0.3 is 6.18 Å². The molecule has 1 N–H and O–H groups in total. The number of aliphatic hydroxyl groups excluding tert-OH is 1. The second-order valence-electron chi connectivity index (χ2n) is 7.12. The zero-order valence-corrected chi connectivity index (χ0v) is 15.1. The minimum atomic E-state index is -4.82. The highest BCUT2D eigenvalue weighted by atomic mass is 19.4. The Labute approximate surface area is 150 Å². The van der Waals surface area contributed by atoms with Gasteiger partial charge in [-0.2, -0.15) is 13.2 Å². The smallest absolute Gasteiger partial charge is 0.392 e. The van der Waals surface area contributed by atoms with Crippen LogP contribution in [-0.4, -0.2) is 59.6 Å². The average molecular weight is 376 g/mol. The fraction of sp³-hybridized carbons (Fsp3) is 0.611. The number of β-amino-alcohol motifs (C(OH)–C–C–N with tert-alkyl or cyclic N) is 1. The van der Waals surface area contributed by atoms with E-state index < -0.39 is 35.1 Å². The number of carbonyl (C=O) groups excluding carboxylic acids is 1. The lowest BCUT2D eigenvalue weighted by Crippen LogP contribution is -2.47. The molecule has 146 valence electrons. The van der Waals surface area contributed by atoms with Crippen molar-refractivity contribution in [1.29, 1.82) is 0 Å². The van der Waals surface area contributed by atoms with E-state index in [0.717, 1.165) is 12.1 Å². The number of halogens is 4. The van der Waals surface area contributed by atoms with Crippen molar-refractivity contribution >= 4 is 5.91 Å². The summed E-state index contributed by atoms with van der Waals surface area (Å²) in [5.41, 5.74) is -1.83. The van der Waals surface area contributed by atoms with Gasteiger partial charge in [0.2, 0.25) is 0 Å². The number of nitrogens with zero attached hydrogens (tertiary/aromatic N) is 2. The average Bonchev–Trinajstić information content (AvgIpc) is 2.95. The minimum absolute atomic E-state index is 0.00326. The van der Waals surface area contributed by atoms with E-state index in [-0.39, 0.29) is 12.0 Å². The molecule has 0 unspecified atom stereocenters. The van der Waals surface area contributed by atoms with E-state index in [2.05, 4.69) is 0 Å². The molecule has 0 saturated carbocycles. The Morgan fingerprint density at radius 2 is 2.04 bits per heavy atom. The number of alkyl halides is 3. The monoisotopic (exact) mass is 376 g/mol. The van der Waals surface area contributed by atoms with E-state index in [0.29, 0.717) is 32.1 Å². The molecule has 1 aromatic rings. The molecule has 1 aromatic carbocycles. The minimum Gasteiger partial charge on any atom is -0.392 e. The second kappa shape index (κ2) is 7.92. The predicted molar refractivity (Wildman–Crippen MR) is 89.2 cm³/mol. The third-order valence-corrected chi connectivity index (χ3v) is 4.80. The van der Waals surface area contributed by atoms with Crippen LogP contribution in [-0.2, 0) is 6.18 Å². The van der Waals surface area contributed by atoms with Gasteiger partial charge in [-0.05, 0) is 30.5 Å². The fourth-order valence-corrected chi connectivity index (χ4v) is 3.30. The van der Waals surface area contributed by atoms with Crippen molar-refractivity contribution < 1.29 is 27.5 Å². The number of rotatable bonds is 5. The molecule has 0 aromatic heterocycles. The van der Waals surface area contributed by atoms with Crippen molar-refractivity contribution in [1.82, 2.24) is 9.80 Å². The summed E-state index contributed by atoms with van der Waals surface area (Å²) in [5, 5.41) is 9.65. The van der Waals surface area contributed by atoms with Gasteiger partial charge in [0.25, 0.3) is 5.91 Å². The van der Waals surface area contributed by atoms with Crippen LogP contribution in [0.3, 0.4) is 0 Å². The summed E-state index contributed by atoms with van der Waals surface area (Å²) in [5.74, 6) is -1.84. The molecule has 1 saturated heterocycles. The van der Waals surface area contributed by atoms with E-state index in [1.54, 1.807) is 0 Å². The fourth-order valence-electron chi connectivity index (χ4n) is 3.30. The topological polar surface area (TPSA) is 43.8 Å². The standard InChI is InChI=1S/C18H24F4N2O2/c1-11(2)16(10-24-7-6-13(25)9-24)23(3)17(26)14-5-4-12(19)8-15(14)18(20,21)22/h4-5,8,11,13,16,25H,6-7,9-10H2,1-3H3/t13-,16+/m0/s1. The van der Waals surface area contributed by atoms with Crippen LogP contribution in [0.15, 0.2) is 18.2 Å². The third kappa shape index (κ3) is 4.73. The summed E-state index contributed by atoms with van der Waals surface area (Å²) in [6.45, 7) is 5.39. The zero-order valence-electron chi connectivity index (χ0n) is 15.1. The van der Waals surface area contributed by atoms with Gasteiger partial charge in [0, 0.05) is 32.7 Å². The van der Waals surface area contributed by atoms with Gasteiger partial charge < -0.3 is 10.0 Å². The molecule has 0 bridgehead atoms. The van der Waals surface area contributed by atoms with E-state index in [1.165, 1.54) is 11.9 Å². The normalized spacial score (nSPS) is 19.8. The van der Waals surface area contributed by atoms with Gasteiger partial charge in [0.05, 0.1) is 17.2 Å². The largest absolute Gasteiger partial charge is 0.417 e. The number of benzene rings is 1. The van der Waals surface area contributed by atoms with Crippen LogP contribution in [0.1, 0.15) is 36.2 Å². The number of hydrogen-bond acceptors (Lipinski definition) is 3. The SMILES string of the molecule is CC(C)[C@@H](CN1CC[C@H](O)C1)N(C)C(=O)c1ccc(F)cc1C(F)(F)F. The van der Waals surface area contributed by atoms with Gasteiger partial charge in [0.15, 0.2) is 0 Å². The summed E-state index contributed by atoms with van der Waals surface area (Å²) >= 11 is 0. The number of likely N-dealkylation sites (tertiary alicyclic amines) is 1. The Balaban J connectivity index is 2.26. The highest BCUT2D eigenvalue weighted by Crippen LogP contribution is 2.33. The highest BCUT2D eigenvalue weighted by molar-refractivity contribution is 5.96. The summed E-state index contributed by atoms with van der Waals surface area (Å²) in [7, 11) is 1.46. The van der Waals surface area contributed by atoms with Crippen molar-refractivity contribution in [2.24, 2.45) is 5.92 Å². The Morgan fingerprint density at radius 3 is 2.54 bits per heavy atom. The lowest BCUT2D eigenvalue weighted by atomic mass is 9.99. The number of carbonyl (C=O) groups is 1. The molecular weight excluding hydrogens is 352 g/mol. The van der Waals surface area contributed by atoms with E-state index in [4.69, 9.17) is 0 Å². The number of amides is 1. The molecule has 26 heavy (non-hydrogen) atoms. The Morgan fingerprint density at radius 1 is 1.38 bits per heavy atom. The van der Waals surface area contributed by atoms with Gasteiger partial charge in [-0.15, -0.1) is 0 Å². The van der Waals surface area contributed by atoms with Gasteiger partial charge in [-0.25, -0.2) is 4.39 Å². The maximum Gasteiger partial charge on any atom is 0.417 e. The highest BCUT2D eigenvalue weighted by Gasteiger charge is 2.38. The zero-order chi connectivity index (χ0) is 19.6. The summed E-state index contributed by atoms with van der Waals surface area (Å²) < 4.78 is 52.9. The van der Waals surface area contributed by atoms with E-state index in [9.17, 15) is 27.5 Å². The molecule has 2 atom stereocenters. The molecule has 1 aliphatic rings. The van der Waals surface area contributed by atoms with E-state index in [1.807, 2.05) is 18.7 Å². The summed E-state index contributed by atoms with van der Waals surface area (Å²) in [6, 6.07) is 1.76. The second-order valence-corrected chi connectivity index (χ2v) is 7.12. The van der Waals surface area contributed by atoms with E-state index >= 15 is 0 Å². The number of likely N-dealkylation sites (N-methyl/N-ethyl adjacent to an activating group) is 1. The first kappa shape index (κ1) is 20.6. The van der Waals surface area contributed by atoms with Crippen LogP contribution in [0.25, 0.3) is 0 Å². The van der Waals surface area contributed by atoms with Crippen molar-refractivity contribution in [3.63, 3.8) is 0 Å². The lowest BCUT2D eigenvalue weighted by molar-refractivity contribution is -0.138.